The molecule has 0 radical (unpaired) electrons. The Morgan fingerprint density at radius 1 is 1.15 bits per heavy atom. The fraction of sp³-hybridized carbons (Fsp3) is 0.381. The number of aromatic nitrogens is 3. The van der Waals surface area contributed by atoms with Crippen molar-refractivity contribution in [2.24, 2.45) is 0 Å². The number of nitrogens with zero attached hydrogens (tertiary/aromatic N) is 4. The van der Waals surface area contributed by atoms with Crippen molar-refractivity contribution < 1.29 is 9.53 Å². The first-order valence-electron chi connectivity index (χ1n) is 9.27. The van der Waals surface area contributed by atoms with Gasteiger partial charge in [0.2, 0.25) is 0 Å². The molecule has 140 valence electrons. The molecule has 4 rings (SSSR count). The zero-order valence-electron chi connectivity index (χ0n) is 15.9. The lowest BCUT2D eigenvalue weighted by molar-refractivity contribution is 0.0292. The molecule has 27 heavy (non-hydrogen) atoms. The molecular weight excluding hydrogens is 340 g/mol. The SMILES string of the molecule is CC(C)(C)OC(=O)N1CCC(c2ccc(-c3cnc4ccnn4c3)cc2)C1. The van der Waals surface area contributed by atoms with E-state index in [0.29, 0.717) is 12.5 Å². The molecule has 1 amide bonds. The quantitative estimate of drug-likeness (QED) is 0.686. The second kappa shape index (κ2) is 6.68. The van der Waals surface area contributed by atoms with E-state index in [0.717, 1.165) is 29.7 Å². The first-order valence-corrected chi connectivity index (χ1v) is 9.27. The minimum Gasteiger partial charge on any atom is -0.444 e. The molecule has 0 spiro atoms. The topological polar surface area (TPSA) is 59.7 Å². The van der Waals surface area contributed by atoms with E-state index in [1.165, 1.54) is 5.56 Å². The van der Waals surface area contributed by atoms with E-state index in [2.05, 4.69) is 34.3 Å². The fourth-order valence-electron chi connectivity index (χ4n) is 3.43. The van der Waals surface area contributed by atoms with Gasteiger partial charge in [0.15, 0.2) is 5.65 Å². The Morgan fingerprint density at radius 2 is 1.93 bits per heavy atom. The zero-order chi connectivity index (χ0) is 19.0. The lowest BCUT2D eigenvalue weighted by Crippen LogP contribution is -2.35. The smallest absolute Gasteiger partial charge is 0.410 e. The van der Waals surface area contributed by atoms with Crippen molar-refractivity contribution in [1.29, 1.82) is 0 Å². The van der Waals surface area contributed by atoms with E-state index >= 15 is 0 Å². The highest BCUT2D eigenvalue weighted by molar-refractivity contribution is 5.69. The summed E-state index contributed by atoms with van der Waals surface area (Å²) >= 11 is 0. The number of likely N-dealkylation sites (tertiary alicyclic amines) is 1. The number of benzene rings is 1. The Labute approximate surface area is 158 Å². The summed E-state index contributed by atoms with van der Waals surface area (Å²) in [6.45, 7) is 7.13. The van der Waals surface area contributed by atoms with Gasteiger partial charge < -0.3 is 9.64 Å². The molecule has 1 aliphatic heterocycles. The molecule has 0 saturated carbocycles. The minimum atomic E-state index is -0.458. The summed E-state index contributed by atoms with van der Waals surface area (Å²) in [6, 6.07) is 10.4. The highest BCUT2D eigenvalue weighted by Crippen LogP contribution is 2.30. The predicted molar refractivity (Wildman–Crippen MR) is 104 cm³/mol. The molecule has 6 nitrogen and oxygen atoms in total. The minimum absolute atomic E-state index is 0.222. The Balaban J connectivity index is 1.45. The molecule has 1 fully saturated rings. The zero-order valence-corrected chi connectivity index (χ0v) is 15.9. The maximum Gasteiger partial charge on any atom is 0.410 e. The number of hydrogen-bond acceptors (Lipinski definition) is 4. The lowest BCUT2D eigenvalue weighted by Gasteiger charge is -2.24. The molecule has 1 aliphatic rings. The van der Waals surface area contributed by atoms with Crippen LogP contribution in [0.15, 0.2) is 48.9 Å². The Morgan fingerprint density at radius 3 is 2.67 bits per heavy atom. The normalized spacial score (nSPS) is 17.4. The molecule has 1 aromatic carbocycles. The monoisotopic (exact) mass is 364 g/mol. The third-order valence-electron chi connectivity index (χ3n) is 4.80. The van der Waals surface area contributed by atoms with E-state index in [1.807, 2.05) is 39.2 Å². The van der Waals surface area contributed by atoms with Gasteiger partial charge in [-0.15, -0.1) is 0 Å². The fourth-order valence-corrected chi connectivity index (χ4v) is 3.43. The standard InChI is InChI=1S/C21H24N4O2/c1-21(2,3)27-20(26)24-11-9-17(13-24)15-4-6-16(7-5-15)18-12-22-19-8-10-23-25(19)14-18/h4-8,10,12,14,17H,9,11,13H2,1-3H3. The highest BCUT2D eigenvalue weighted by atomic mass is 16.6. The van der Waals surface area contributed by atoms with Gasteiger partial charge in [-0.3, -0.25) is 0 Å². The molecule has 6 heteroatoms. The van der Waals surface area contributed by atoms with E-state index in [1.54, 1.807) is 15.6 Å². The molecule has 1 unspecified atom stereocenters. The average Bonchev–Trinajstić information content (AvgIpc) is 3.29. The average molecular weight is 364 g/mol. The van der Waals surface area contributed by atoms with Gasteiger partial charge in [-0.25, -0.2) is 14.3 Å². The van der Waals surface area contributed by atoms with Crippen LogP contribution in [0.25, 0.3) is 16.8 Å². The molecule has 1 saturated heterocycles. The highest BCUT2D eigenvalue weighted by Gasteiger charge is 2.30. The van der Waals surface area contributed by atoms with Crippen LogP contribution in [0.1, 0.15) is 38.7 Å². The first kappa shape index (κ1) is 17.5. The van der Waals surface area contributed by atoms with Gasteiger partial charge in [0.25, 0.3) is 0 Å². The van der Waals surface area contributed by atoms with Crippen LogP contribution in [0.2, 0.25) is 0 Å². The molecule has 0 bridgehead atoms. The van der Waals surface area contributed by atoms with Gasteiger partial charge in [-0.1, -0.05) is 24.3 Å². The maximum absolute atomic E-state index is 12.3. The number of ether oxygens (including phenoxy) is 1. The van der Waals surface area contributed by atoms with E-state index in [-0.39, 0.29) is 6.09 Å². The number of rotatable bonds is 2. The van der Waals surface area contributed by atoms with Crippen LogP contribution in [0.4, 0.5) is 4.79 Å². The molecule has 1 atom stereocenters. The predicted octanol–water partition coefficient (Wildman–Crippen LogP) is 4.12. The maximum atomic E-state index is 12.3. The van der Waals surface area contributed by atoms with Crippen LogP contribution in [-0.2, 0) is 4.74 Å². The summed E-state index contributed by atoms with van der Waals surface area (Å²) in [5.74, 6) is 0.346. The van der Waals surface area contributed by atoms with Gasteiger partial charge in [-0.2, -0.15) is 5.10 Å². The van der Waals surface area contributed by atoms with Crippen molar-refractivity contribution in [2.45, 2.75) is 38.7 Å². The number of carbonyl (C=O) groups excluding carboxylic acids is 1. The third kappa shape index (κ3) is 3.79. The van der Waals surface area contributed by atoms with Gasteiger partial charge in [0.1, 0.15) is 5.60 Å². The second-order valence-corrected chi connectivity index (χ2v) is 8.01. The van der Waals surface area contributed by atoms with Crippen LogP contribution < -0.4 is 0 Å². The summed E-state index contributed by atoms with van der Waals surface area (Å²) < 4.78 is 7.26. The van der Waals surface area contributed by atoms with E-state index in [4.69, 9.17) is 4.74 Å². The van der Waals surface area contributed by atoms with E-state index < -0.39 is 5.60 Å². The molecule has 0 aliphatic carbocycles. The van der Waals surface area contributed by atoms with Crippen molar-refractivity contribution in [3.63, 3.8) is 0 Å². The summed E-state index contributed by atoms with van der Waals surface area (Å²) in [5, 5.41) is 4.24. The summed E-state index contributed by atoms with van der Waals surface area (Å²) in [7, 11) is 0. The van der Waals surface area contributed by atoms with Crippen molar-refractivity contribution >= 4 is 11.7 Å². The number of amides is 1. The molecular formula is C21H24N4O2. The second-order valence-electron chi connectivity index (χ2n) is 8.01. The Kier molecular flexibility index (Phi) is 4.34. The number of carbonyl (C=O) groups is 1. The molecule has 3 aromatic rings. The summed E-state index contributed by atoms with van der Waals surface area (Å²) in [4.78, 5) is 18.5. The van der Waals surface area contributed by atoms with Crippen LogP contribution >= 0.6 is 0 Å². The van der Waals surface area contributed by atoms with Crippen LogP contribution in [0.5, 0.6) is 0 Å². The van der Waals surface area contributed by atoms with Gasteiger partial charge in [0.05, 0.1) is 6.20 Å². The largest absolute Gasteiger partial charge is 0.444 e. The molecule has 3 heterocycles. The first-order chi connectivity index (χ1) is 12.9. The van der Waals surface area contributed by atoms with Gasteiger partial charge >= 0.3 is 6.09 Å². The van der Waals surface area contributed by atoms with Crippen molar-refractivity contribution in [3.8, 4) is 11.1 Å². The summed E-state index contributed by atoms with van der Waals surface area (Å²) in [5.41, 5.74) is 3.76. The molecule has 0 N–H and O–H groups in total. The van der Waals surface area contributed by atoms with Gasteiger partial charge in [0, 0.05) is 43.0 Å². The van der Waals surface area contributed by atoms with Crippen LogP contribution in [-0.4, -0.2) is 44.3 Å². The Hall–Kier alpha value is -2.89. The number of fused-ring (bicyclic) bond motifs is 1. The van der Waals surface area contributed by atoms with Crippen molar-refractivity contribution in [2.75, 3.05) is 13.1 Å². The molecule has 2 aromatic heterocycles. The van der Waals surface area contributed by atoms with Gasteiger partial charge in [-0.05, 0) is 38.3 Å². The Bertz CT molecular complexity index is 956. The van der Waals surface area contributed by atoms with Crippen LogP contribution in [0.3, 0.4) is 0 Å². The van der Waals surface area contributed by atoms with E-state index in [9.17, 15) is 4.79 Å². The third-order valence-corrected chi connectivity index (χ3v) is 4.80. The van der Waals surface area contributed by atoms with Crippen molar-refractivity contribution in [1.82, 2.24) is 19.5 Å². The number of hydrogen-bond donors (Lipinski definition) is 0. The summed E-state index contributed by atoms with van der Waals surface area (Å²) in [6.07, 6.45) is 6.33. The van der Waals surface area contributed by atoms with Crippen LogP contribution in [0, 0.1) is 0 Å². The lowest BCUT2D eigenvalue weighted by atomic mass is 9.96. The van der Waals surface area contributed by atoms with Crippen molar-refractivity contribution in [3.05, 3.63) is 54.5 Å².